The SMILES string of the molecule is Cc1ccc([C]=O)c(C)c1Br. The minimum Gasteiger partial charge on any atom is -0.285 e. The summed E-state index contributed by atoms with van der Waals surface area (Å²) in [6, 6.07) is 3.68. The number of hydrogen-bond acceptors (Lipinski definition) is 1. The molecule has 0 aliphatic heterocycles. The smallest absolute Gasteiger partial charge is 0.233 e. The van der Waals surface area contributed by atoms with Crippen LogP contribution in [0.4, 0.5) is 0 Å². The molecular weight excluding hydrogens is 204 g/mol. The van der Waals surface area contributed by atoms with Crippen molar-refractivity contribution in [3.8, 4) is 0 Å². The van der Waals surface area contributed by atoms with Crippen LogP contribution in [0.3, 0.4) is 0 Å². The summed E-state index contributed by atoms with van der Waals surface area (Å²) < 4.78 is 0.998. The van der Waals surface area contributed by atoms with E-state index >= 15 is 0 Å². The summed E-state index contributed by atoms with van der Waals surface area (Å²) >= 11 is 3.39. The lowest BCUT2D eigenvalue weighted by Gasteiger charge is -2.03. The first kappa shape index (κ1) is 8.47. The van der Waals surface area contributed by atoms with Gasteiger partial charge in [-0.3, -0.25) is 4.79 Å². The van der Waals surface area contributed by atoms with Crippen molar-refractivity contribution in [2.24, 2.45) is 0 Å². The minimum absolute atomic E-state index is 0.627. The van der Waals surface area contributed by atoms with Crippen LogP contribution < -0.4 is 0 Å². The van der Waals surface area contributed by atoms with E-state index in [0.717, 1.165) is 15.6 Å². The van der Waals surface area contributed by atoms with Gasteiger partial charge in [-0.2, -0.15) is 0 Å². The second kappa shape index (κ2) is 3.18. The molecule has 0 aliphatic rings. The minimum atomic E-state index is 0.627. The van der Waals surface area contributed by atoms with E-state index in [1.807, 2.05) is 26.2 Å². The molecule has 0 unspecified atom stereocenters. The molecule has 0 saturated carbocycles. The molecule has 57 valence electrons. The Morgan fingerprint density at radius 3 is 2.55 bits per heavy atom. The van der Waals surface area contributed by atoms with E-state index in [-0.39, 0.29) is 0 Å². The maximum atomic E-state index is 10.3. The molecule has 0 heterocycles. The quantitative estimate of drug-likeness (QED) is 0.698. The summed E-state index contributed by atoms with van der Waals surface area (Å²) in [6.45, 7) is 3.89. The van der Waals surface area contributed by atoms with Crippen molar-refractivity contribution in [3.63, 3.8) is 0 Å². The summed E-state index contributed by atoms with van der Waals surface area (Å²) in [6.07, 6.45) is 1.88. The van der Waals surface area contributed by atoms with Crippen LogP contribution in [0, 0.1) is 13.8 Å². The van der Waals surface area contributed by atoms with Crippen molar-refractivity contribution in [3.05, 3.63) is 33.3 Å². The predicted octanol–water partition coefficient (Wildman–Crippen LogP) is 2.52. The monoisotopic (exact) mass is 211 g/mol. The summed E-state index contributed by atoms with van der Waals surface area (Å²) in [7, 11) is 0. The topological polar surface area (TPSA) is 17.1 Å². The first-order chi connectivity index (χ1) is 5.16. The Kier molecular flexibility index (Phi) is 2.45. The highest BCUT2D eigenvalue weighted by Crippen LogP contribution is 2.22. The number of carbonyl (C=O) groups excluding carboxylic acids is 1. The summed E-state index contributed by atoms with van der Waals surface area (Å²) in [5.41, 5.74) is 2.73. The van der Waals surface area contributed by atoms with E-state index in [0.29, 0.717) is 5.56 Å². The normalized spacial score (nSPS) is 9.73. The molecule has 0 saturated heterocycles. The van der Waals surface area contributed by atoms with Gasteiger partial charge in [0, 0.05) is 10.0 Å². The van der Waals surface area contributed by atoms with Gasteiger partial charge in [0.2, 0.25) is 6.29 Å². The number of halogens is 1. The molecule has 1 rings (SSSR count). The van der Waals surface area contributed by atoms with E-state index in [9.17, 15) is 4.79 Å². The lowest BCUT2D eigenvalue weighted by molar-refractivity contribution is 0.562. The maximum absolute atomic E-state index is 10.3. The van der Waals surface area contributed by atoms with Crippen LogP contribution in [-0.2, 0) is 4.79 Å². The van der Waals surface area contributed by atoms with E-state index in [4.69, 9.17) is 0 Å². The summed E-state index contributed by atoms with van der Waals surface area (Å²) in [5, 5.41) is 0. The third-order valence-corrected chi connectivity index (χ3v) is 2.91. The number of benzene rings is 1. The lowest BCUT2D eigenvalue weighted by atomic mass is 10.1. The first-order valence-electron chi connectivity index (χ1n) is 3.30. The van der Waals surface area contributed by atoms with Crippen LogP contribution in [-0.4, -0.2) is 6.29 Å². The van der Waals surface area contributed by atoms with Crippen LogP contribution in [0.1, 0.15) is 16.7 Å². The van der Waals surface area contributed by atoms with Gasteiger partial charge in [0.15, 0.2) is 0 Å². The zero-order valence-corrected chi connectivity index (χ0v) is 8.03. The highest BCUT2D eigenvalue weighted by Gasteiger charge is 2.03. The van der Waals surface area contributed by atoms with Gasteiger partial charge in [-0.1, -0.05) is 28.1 Å². The van der Waals surface area contributed by atoms with Gasteiger partial charge in [0.25, 0.3) is 0 Å². The standard InChI is InChI=1S/C9H8BrO/c1-6-3-4-8(5-11)7(2)9(6)10/h3-4H,1-2H3. The molecule has 0 amide bonds. The van der Waals surface area contributed by atoms with Gasteiger partial charge >= 0.3 is 0 Å². The van der Waals surface area contributed by atoms with Gasteiger partial charge in [0.1, 0.15) is 0 Å². The molecule has 0 fully saturated rings. The molecule has 0 aliphatic carbocycles. The van der Waals surface area contributed by atoms with Crippen molar-refractivity contribution in [2.45, 2.75) is 13.8 Å². The van der Waals surface area contributed by atoms with Gasteiger partial charge in [-0.15, -0.1) is 0 Å². The van der Waals surface area contributed by atoms with E-state index in [1.165, 1.54) is 0 Å². The molecule has 1 aromatic rings. The highest BCUT2D eigenvalue weighted by molar-refractivity contribution is 9.10. The Bertz CT molecular complexity index is 292. The van der Waals surface area contributed by atoms with Crippen molar-refractivity contribution in [1.82, 2.24) is 0 Å². The third-order valence-electron chi connectivity index (χ3n) is 1.69. The molecule has 1 nitrogen and oxygen atoms in total. The Morgan fingerprint density at radius 2 is 2.00 bits per heavy atom. The Balaban J connectivity index is 3.36. The average Bonchev–Trinajstić information content (AvgIpc) is 2.01. The van der Waals surface area contributed by atoms with Crippen LogP contribution in [0.15, 0.2) is 16.6 Å². The zero-order valence-electron chi connectivity index (χ0n) is 6.44. The van der Waals surface area contributed by atoms with Crippen molar-refractivity contribution < 1.29 is 4.79 Å². The van der Waals surface area contributed by atoms with Gasteiger partial charge in [-0.25, -0.2) is 0 Å². The second-order valence-electron chi connectivity index (χ2n) is 2.47. The highest BCUT2D eigenvalue weighted by atomic mass is 79.9. The van der Waals surface area contributed by atoms with Crippen LogP contribution in [0.25, 0.3) is 0 Å². The molecular formula is C9H8BrO. The van der Waals surface area contributed by atoms with Crippen molar-refractivity contribution >= 4 is 22.2 Å². The second-order valence-corrected chi connectivity index (χ2v) is 3.26. The van der Waals surface area contributed by atoms with Crippen LogP contribution in [0.2, 0.25) is 0 Å². The Labute approximate surface area is 74.6 Å². The Morgan fingerprint density at radius 1 is 1.36 bits per heavy atom. The fourth-order valence-electron chi connectivity index (χ4n) is 0.931. The van der Waals surface area contributed by atoms with Gasteiger partial charge in [0.05, 0.1) is 0 Å². The summed E-state index contributed by atoms with van der Waals surface area (Å²) in [4.78, 5) is 10.3. The molecule has 0 bridgehead atoms. The molecule has 0 N–H and O–H groups in total. The van der Waals surface area contributed by atoms with Crippen LogP contribution in [0.5, 0.6) is 0 Å². The van der Waals surface area contributed by atoms with Crippen molar-refractivity contribution in [1.29, 1.82) is 0 Å². The first-order valence-corrected chi connectivity index (χ1v) is 4.10. The van der Waals surface area contributed by atoms with Crippen molar-refractivity contribution in [2.75, 3.05) is 0 Å². The zero-order chi connectivity index (χ0) is 8.43. The fourth-order valence-corrected chi connectivity index (χ4v) is 1.28. The van der Waals surface area contributed by atoms with Gasteiger partial charge < -0.3 is 0 Å². The molecule has 0 atom stereocenters. The predicted molar refractivity (Wildman–Crippen MR) is 48.4 cm³/mol. The largest absolute Gasteiger partial charge is 0.285 e. The Hall–Kier alpha value is -0.630. The number of hydrogen-bond donors (Lipinski definition) is 0. The number of aryl methyl sites for hydroxylation is 1. The van der Waals surface area contributed by atoms with E-state index in [1.54, 1.807) is 6.07 Å². The maximum Gasteiger partial charge on any atom is 0.233 e. The number of rotatable bonds is 1. The summed E-state index contributed by atoms with van der Waals surface area (Å²) in [5.74, 6) is 0. The molecule has 11 heavy (non-hydrogen) atoms. The molecule has 1 aromatic carbocycles. The lowest BCUT2D eigenvalue weighted by Crippen LogP contribution is -1.89. The molecule has 0 aromatic heterocycles. The fraction of sp³-hybridized carbons (Fsp3) is 0.222. The van der Waals surface area contributed by atoms with E-state index in [2.05, 4.69) is 15.9 Å². The van der Waals surface area contributed by atoms with Crippen LogP contribution >= 0.6 is 15.9 Å². The molecule has 1 radical (unpaired) electrons. The third kappa shape index (κ3) is 1.51. The van der Waals surface area contributed by atoms with Gasteiger partial charge in [-0.05, 0) is 25.0 Å². The van der Waals surface area contributed by atoms with E-state index < -0.39 is 0 Å². The average molecular weight is 212 g/mol. The molecule has 2 heteroatoms. The molecule has 0 spiro atoms.